The first-order valence-electron chi connectivity index (χ1n) is 9.35. The molecule has 0 saturated heterocycles. The van der Waals surface area contributed by atoms with Crippen molar-refractivity contribution >= 4 is 28.2 Å². The van der Waals surface area contributed by atoms with Gasteiger partial charge in [0, 0.05) is 4.88 Å². The van der Waals surface area contributed by atoms with Crippen molar-refractivity contribution in [1.82, 2.24) is 0 Å². The van der Waals surface area contributed by atoms with Crippen LogP contribution in [0.3, 0.4) is 0 Å². The number of amides is 1. The third kappa shape index (κ3) is 4.00. The highest BCUT2D eigenvalue weighted by Gasteiger charge is 2.30. The lowest BCUT2D eigenvalue weighted by Gasteiger charge is -2.20. The average molecular weight is 388 g/mol. The second-order valence-corrected chi connectivity index (χ2v) is 7.71. The molecule has 1 atom stereocenters. The van der Waals surface area contributed by atoms with Crippen LogP contribution in [0.25, 0.3) is 0 Å². The van der Waals surface area contributed by atoms with E-state index in [2.05, 4.69) is 12.2 Å². The Morgan fingerprint density at radius 1 is 1.26 bits per heavy atom. The maximum Gasteiger partial charge on any atom is 0.341 e. The van der Waals surface area contributed by atoms with Crippen LogP contribution in [-0.4, -0.2) is 25.6 Å². The number of anilines is 1. The molecule has 1 aliphatic carbocycles. The minimum Gasteiger partial charge on any atom is -0.496 e. The molecule has 0 fully saturated rings. The lowest BCUT2D eigenvalue weighted by atomic mass is 9.85. The predicted octanol–water partition coefficient (Wildman–Crippen LogP) is 4.70. The van der Waals surface area contributed by atoms with Crippen molar-refractivity contribution in [1.29, 1.82) is 0 Å². The van der Waals surface area contributed by atoms with Gasteiger partial charge in [0.15, 0.2) is 0 Å². The van der Waals surface area contributed by atoms with Crippen LogP contribution in [0, 0.1) is 5.92 Å². The number of benzene rings is 1. The largest absolute Gasteiger partial charge is 0.496 e. The maximum absolute atomic E-state index is 12.8. The summed E-state index contributed by atoms with van der Waals surface area (Å²) in [4.78, 5) is 26.6. The van der Waals surface area contributed by atoms with Crippen molar-refractivity contribution in [3.05, 3.63) is 45.8 Å². The van der Waals surface area contributed by atoms with E-state index in [1.807, 2.05) is 6.07 Å². The summed E-state index contributed by atoms with van der Waals surface area (Å²) >= 11 is 1.50. The SMILES string of the molecule is CCOC(=O)c1c(NC(=O)c2ccccc2OC)sc2c1CC[C@H](CC)C2. The van der Waals surface area contributed by atoms with Crippen LogP contribution >= 0.6 is 11.3 Å². The number of esters is 1. The molecule has 2 aromatic rings. The standard InChI is InChI=1S/C21H25NO4S/c1-4-13-10-11-15-17(12-13)27-20(18(15)21(24)26-5-2)22-19(23)14-8-6-7-9-16(14)25-3/h6-9,13H,4-5,10-12H2,1-3H3,(H,22,23)/t13-/m0/s1. The second-order valence-electron chi connectivity index (χ2n) is 6.60. The fourth-order valence-corrected chi connectivity index (χ4v) is 4.86. The van der Waals surface area contributed by atoms with Crippen molar-refractivity contribution in [2.75, 3.05) is 19.0 Å². The predicted molar refractivity (Wildman–Crippen MR) is 107 cm³/mol. The van der Waals surface area contributed by atoms with Crippen molar-refractivity contribution in [2.24, 2.45) is 5.92 Å². The summed E-state index contributed by atoms with van der Waals surface area (Å²) in [7, 11) is 1.53. The maximum atomic E-state index is 12.8. The van der Waals surface area contributed by atoms with E-state index in [0.717, 1.165) is 31.2 Å². The zero-order chi connectivity index (χ0) is 19.4. The summed E-state index contributed by atoms with van der Waals surface area (Å²) in [6, 6.07) is 7.05. The summed E-state index contributed by atoms with van der Waals surface area (Å²) in [5.74, 6) is 0.480. The molecular formula is C21H25NO4S. The summed E-state index contributed by atoms with van der Waals surface area (Å²) in [5, 5.41) is 3.50. The van der Waals surface area contributed by atoms with Gasteiger partial charge in [0.1, 0.15) is 10.8 Å². The van der Waals surface area contributed by atoms with Crippen LogP contribution in [0.15, 0.2) is 24.3 Å². The van der Waals surface area contributed by atoms with E-state index in [0.29, 0.717) is 34.4 Å². The average Bonchev–Trinajstić information content (AvgIpc) is 3.04. The minimum absolute atomic E-state index is 0.288. The third-order valence-electron chi connectivity index (χ3n) is 5.00. The third-order valence-corrected chi connectivity index (χ3v) is 6.17. The Bertz CT molecular complexity index is 843. The van der Waals surface area contributed by atoms with E-state index in [1.165, 1.54) is 23.3 Å². The highest BCUT2D eigenvalue weighted by atomic mass is 32.1. The van der Waals surface area contributed by atoms with E-state index < -0.39 is 0 Å². The van der Waals surface area contributed by atoms with Crippen LogP contribution in [0.2, 0.25) is 0 Å². The molecule has 0 spiro atoms. The number of ether oxygens (including phenoxy) is 2. The zero-order valence-electron chi connectivity index (χ0n) is 16.0. The smallest absolute Gasteiger partial charge is 0.341 e. The molecule has 1 aromatic heterocycles. The Hall–Kier alpha value is -2.34. The number of hydrogen-bond donors (Lipinski definition) is 1. The molecule has 5 nitrogen and oxygen atoms in total. The van der Waals surface area contributed by atoms with Gasteiger partial charge in [-0.15, -0.1) is 11.3 Å². The first-order valence-corrected chi connectivity index (χ1v) is 10.2. The fourth-order valence-electron chi connectivity index (χ4n) is 3.51. The lowest BCUT2D eigenvalue weighted by Crippen LogP contribution is -2.17. The summed E-state index contributed by atoms with van der Waals surface area (Å²) < 4.78 is 10.6. The molecule has 0 radical (unpaired) electrons. The molecular weight excluding hydrogens is 362 g/mol. The monoisotopic (exact) mass is 387 g/mol. The van der Waals surface area contributed by atoms with Gasteiger partial charge in [-0.1, -0.05) is 25.5 Å². The molecule has 27 heavy (non-hydrogen) atoms. The first kappa shape index (κ1) is 19.4. The van der Waals surface area contributed by atoms with Gasteiger partial charge < -0.3 is 14.8 Å². The molecule has 0 bridgehead atoms. The van der Waals surface area contributed by atoms with Gasteiger partial charge in [0.25, 0.3) is 5.91 Å². The topological polar surface area (TPSA) is 64.6 Å². The number of carbonyl (C=O) groups excluding carboxylic acids is 2. The van der Waals surface area contributed by atoms with Crippen molar-refractivity contribution in [3.63, 3.8) is 0 Å². The molecule has 1 aliphatic rings. The van der Waals surface area contributed by atoms with Crippen LogP contribution < -0.4 is 10.1 Å². The fraction of sp³-hybridized carbons (Fsp3) is 0.429. The Balaban J connectivity index is 1.95. The van der Waals surface area contributed by atoms with E-state index in [4.69, 9.17) is 9.47 Å². The number of fused-ring (bicyclic) bond motifs is 1. The number of para-hydroxylation sites is 1. The molecule has 0 unspecified atom stereocenters. The number of thiophene rings is 1. The van der Waals surface area contributed by atoms with Gasteiger partial charge in [-0.3, -0.25) is 4.79 Å². The molecule has 144 valence electrons. The number of rotatable bonds is 6. The van der Waals surface area contributed by atoms with Crippen LogP contribution in [0.5, 0.6) is 5.75 Å². The van der Waals surface area contributed by atoms with E-state index in [1.54, 1.807) is 25.1 Å². The molecule has 0 aliphatic heterocycles. The Morgan fingerprint density at radius 2 is 2.04 bits per heavy atom. The number of carbonyl (C=O) groups is 2. The highest BCUT2D eigenvalue weighted by molar-refractivity contribution is 7.17. The molecule has 0 saturated carbocycles. The second kappa shape index (κ2) is 8.57. The first-order chi connectivity index (χ1) is 13.1. The number of methoxy groups -OCH3 is 1. The van der Waals surface area contributed by atoms with E-state index in [-0.39, 0.29) is 11.9 Å². The van der Waals surface area contributed by atoms with Crippen LogP contribution in [-0.2, 0) is 17.6 Å². The van der Waals surface area contributed by atoms with Crippen molar-refractivity contribution < 1.29 is 19.1 Å². The Morgan fingerprint density at radius 3 is 2.74 bits per heavy atom. The number of nitrogens with one attached hydrogen (secondary N) is 1. The van der Waals surface area contributed by atoms with Gasteiger partial charge in [0.05, 0.1) is 24.8 Å². The molecule has 3 rings (SSSR count). The highest BCUT2D eigenvalue weighted by Crippen LogP contribution is 2.41. The molecule has 1 heterocycles. The van der Waals surface area contributed by atoms with E-state index >= 15 is 0 Å². The molecule has 1 N–H and O–H groups in total. The molecule has 6 heteroatoms. The molecule has 1 aromatic carbocycles. The van der Waals surface area contributed by atoms with Crippen molar-refractivity contribution in [2.45, 2.75) is 39.5 Å². The Kier molecular flexibility index (Phi) is 6.16. The van der Waals surface area contributed by atoms with Gasteiger partial charge in [-0.25, -0.2) is 4.79 Å². The van der Waals surface area contributed by atoms with Gasteiger partial charge in [-0.05, 0) is 49.8 Å². The van der Waals surface area contributed by atoms with Crippen molar-refractivity contribution in [3.8, 4) is 5.75 Å². The minimum atomic E-state index is -0.361. The number of hydrogen-bond acceptors (Lipinski definition) is 5. The quantitative estimate of drug-likeness (QED) is 0.730. The van der Waals surface area contributed by atoms with Gasteiger partial charge in [0.2, 0.25) is 0 Å². The van der Waals surface area contributed by atoms with Crippen LogP contribution in [0.1, 0.15) is 57.8 Å². The van der Waals surface area contributed by atoms with Gasteiger partial charge >= 0.3 is 5.97 Å². The Labute approximate surface area is 163 Å². The normalized spacial score (nSPS) is 15.7. The molecule has 1 amide bonds. The lowest BCUT2D eigenvalue weighted by molar-refractivity contribution is 0.0526. The summed E-state index contributed by atoms with van der Waals surface area (Å²) in [6.45, 7) is 4.29. The summed E-state index contributed by atoms with van der Waals surface area (Å²) in [6.07, 6.45) is 3.98. The van der Waals surface area contributed by atoms with E-state index in [9.17, 15) is 9.59 Å². The van der Waals surface area contributed by atoms with Crippen LogP contribution in [0.4, 0.5) is 5.00 Å². The van der Waals surface area contributed by atoms with Gasteiger partial charge in [-0.2, -0.15) is 0 Å². The summed E-state index contributed by atoms with van der Waals surface area (Å²) in [5.41, 5.74) is 2.00. The zero-order valence-corrected chi connectivity index (χ0v) is 16.8.